The van der Waals surface area contributed by atoms with Gasteiger partial charge in [-0.15, -0.1) is 0 Å². The number of benzene rings is 1. The van der Waals surface area contributed by atoms with Gasteiger partial charge in [-0.2, -0.15) is 0 Å². The van der Waals surface area contributed by atoms with E-state index in [1.807, 2.05) is 19.1 Å². The number of hydrogen-bond acceptors (Lipinski definition) is 2. The highest BCUT2D eigenvalue weighted by Gasteiger charge is 2.28. The molecule has 2 atom stereocenters. The maximum atomic E-state index is 11.2. The van der Waals surface area contributed by atoms with E-state index in [0.29, 0.717) is 5.02 Å². The van der Waals surface area contributed by atoms with Crippen molar-refractivity contribution in [2.24, 2.45) is 17.6 Å². The van der Waals surface area contributed by atoms with Gasteiger partial charge in [0.2, 0.25) is 5.91 Å². The monoisotopic (exact) mass is 332 g/mol. The van der Waals surface area contributed by atoms with E-state index in [0.717, 1.165) is 16.0 Å². The van der Waals surface area contributed by atoms with Gasteiger partial charge in [-0.25, -0.2) is 0 Å². The zero-order valence-electron chi connectivity index (χ0n) is 10.3. The zero-order chi connectivity index (χ0) is 13.9. The fourth-order valence-electron chi connectivity index (χ4n) is 1.82. The average molecular weight is 334 g/mol. The van der Waals surface area contributed by atoms with Crippen LogP contribution in [0.15, 0.2) is 22.7 Å². The van der Waals surface area contributed by atoms with Crippen LogP contribution in [-0.4, -0.2) is 17.6 Å². The molecular weight excluding hydrogens is 318 g/mol. The van der Waals surface area contributed by atoms with Crippen LogP contribution in [0.2, 0.25) is 5.02 Å². The summed E-state index contributed by atoms with van der Waals surface area (Å²) in [6, 6.07) is 5.53. The molecule has 1 aromatic rings. The second-order valence-electron chi connectivity index (χ2n) is 4.29. The lowest BCUT2D eigenvalue weighted by atomic mass is 9.80. The Labute approximate surface area is 120 Å². The van der Waals surface area contributed by atoms with Crippen LogP contribution in [0, 0.1) is 17.8 Å². The maximum absolute atomic E-state index is 11.2. The summed E-state index contributed by atoms with van der Waals surface area (Å²) in [4.78, 5) is 11.2. The lowest BCUT2D eigenvalue weighted by Gasteiger charge is -2.26. The molecule has 0 aliphatic carbocycles. The zero-order valence-corrected chi connectivity index (χ0v) is 12.6. The average Bonchev–Trinajstić information content (AvgIpc) is 2.33. The lowest BCUT2D eigenvalue weighted by molar-refractivity contribution is -0.123. The molecule has 0 spiro atoms. The third kappa shape index (κ3) is 3.46. The first-order valence-corrected chi connectivity index (χ1v) is 6.74. The maximum Gasteiger partial charge on any atom is 0.220 e. The number of nitrogens with two attached hydrogens (primary N) is 1. The Kier molecular flexibility index (Phi) is 5.63. The first kappa shape index (κ1) is 15.5. The van der Waals surface area contributed by atoms with Gasteiger partial charge in [0.05, 0.1) is 5.02 Å². The molecule has 1 radical (unpaired) electrons. The minimum Gasteiger partial charge on any atom is -0.396 e. The minimum absolute atomic E-state index is 0.121. The summed E-state index contributed by atoms with van der Waals surface area (Å²) >= 11 is 9.35. The van der Waals surface area contributed by atoms with Gasteiger partial charge >= 0.3 is 0 Å². The molecule has 3 N–H and O–H groups in total. The third-order valence-corrected chi connectivity index (χ3v) is 4.41. The van der Waals surface area contributed by atoms with Gasteiger partial charge < -0.3 is 10.8 Å². The SMILES string of the molecule is C[C](c1ccc(Br)c(Cl)c1)[C@@H](CO)C(C)C(N)=O. The molecule has 3 nitrogen and oxygen atoms in total. The Morgan fingerprint density at radius 1 is 1.56 bits per heavy atom. The molecule has 18 heavy (non-hydrogen) atoms. The molecule has 1 rings (SSSR count). The van der Waals surface area contributed by atoms with Crippen molar-refractivity contribution in [3.8, 4) is 0 Å². The molecule has 0 aliphatic rings. The topological polar surface area (TPSA) is 63.3 Å². The van der Waals surface area contributed by atoms with Crippen LogP contribution >= 0.6 is 27.5 Å². The molecule has 1 amide bonds. The van der Waals surface area contributed by atoms with E-state index in [4.69, 9.17) is 17.3 Å². The number of amides is 1. The van der Waals surface area contributed by atoms with E-state index in [9.17, 15) is 9.90 Å². The van der Waals surface area contributed by atoms with E-state index in [1.165, 1.54) is 0 Å². The molecule has 99 valence electrons. The Morgan fingerprint density at radius 2 is 2.17 bits per heavy atom. The van der Waals surface area contributed by atoms with E-state index in [1.54, 1.807) is 13.0 Å². The summed E-state index contributed by atoms with van der Waals surface area (Å²) in [7, 11) is 0. The summed E-state index contributed by atoms with van der Waals surface area (Å²) in [6.07, 6.45) is 0. The predicted molar refractivity (Wildman–Crippen MR) is 76.1 cm³/mol. The smallest absolute Gasteiger partial charge is 0.220 e. The van der Waals surface area contributed by atoms with Crippen molar-refractivity contribution in [2.45, 2.75) is 13.8 Å². The van der Waals surface area contributed by atoms with Crippen LogP contribution in [0.1, 0.15) is 19.4 Å². The van der Waals surface area contributed by atoms with Crippen LogP contribution in [0.4, 0.5) is 0 Å². The predicted octanol–water partition coefficient (Wildman–Crippen LogP) is 2.77. The van der Waals surface area contributed by atoms with Gasteiger partial charge in [-0.3, -0.25) is 4.79 Å². The highest BCUT2D eigenvalue weighted by Crippen LogP contribution is 2.32. The van der Waals surface area contributed by atoms with Crippen molar-refractivity contribution in [2.75, 3.05) is 6.61 Å². The molecule has 0 heterocycles. The molecule has 0 saturated carbocycles. The molecule has 0 aromatic heterocycles. The van der Waals surface area contributed by atoms with Gasteiger partial charge in [0, 0.05) is 28.8 Å². The van der Waals surface area contributed by atoms with Gasteiger partial charge in [0.25, 0.3) is 0 Å². The van der Waals surface area contributed by atoms with Crippen LogP contribution in [0.25, 0.3) is 0 Å². The molecule has 0 aliphatic heterocycles. The molecular formula is C13H16BrClNO2. The van der Waals surface area contributed by atoms with E-state index < -0.39 is 11.8 Å². The van der Waals surface area contributed by atoms with Crippen molar-refractivity contribution in [1.82, 2.24) is 0 Å². The molecule has 0 saturated heterocycles. The second kappa shape index (κ2) is 6.55. The largest absolute Gasteiger partial charge is 0.396 e. The van der Waals surface area contributed by atoms with Crippen molar-refractivity contribution in [1.29, 1.82) is 0 Å². The number of aliphatic hydroxyl groups is 1. The van der Waals surface area contributed by atoms with Gasteiger partial charge in [0.1, 0.15) is 0 Å². The van der Waals surface area contributed by atoms with Crippen LogP contribution < -0.4 is 5.73 Å². The second-order valence-corrected chi connectivity index (χ2v) is 5.55. The number of carbonyl (C=O) groups is 1. The van der Waals surface area contributed by atoms with E-state index >= 15 is 0 Å². The lowest BCUT2D eigenvalue weighted by Crippen LogP contribution is -2.33. The number of hydrogen-bond donors (Lipinski definition) is 2. The molecule has 0 bridgehead atoms. The fourth-order valence-corrected chi connectivity index (χ4v) is 2.25. The van der Waals surface area contributed by atoms with Crippen LogP contribution in [0.5, 0.6) is 0 Å². The summed E-state index contributed by atoms with van der Waals surface area (Å²) < 4.78 is 0.809. The first-order valence-electron chi connectivity index (χ1n) is 5.57. The summed E-state index contributed by atoms with van der Waals surface area (Å²) in [5.74, 6) is -0.230. The van der Waals surface area contributed by atoms with Gasteiger partial charge in [-0.05, 0) is 33.6 Å². The number of aliphatic hydroxyl groups excluding tert-OH is 1. The number of rotatable bonds is 5. The Hall–Kier alpha value is -0.580. The van der Waals surface area contributed by atoms with Crippen molar-refractivity contribution < 1.29 is 9.90 Å². The van der Waals surface area contributed by atoms with Crippen molar-refractivity contribution in [3.05, 3.63) is 39.2 Å². The molecule has 1 aromatic carbocycles. The van der Waals surface area contributed by atoms with Crippen molar-refractivity contribution >= 4 is 33.4 Å². The summed E-state index contributed by atoms with van der Waals surface area (Å²) in [6.45, 7) is 3.47. The highest BCUT2D eigenvalue weighted by atomic mass is 79.9. The minimum atomic E-state index is -0.420. The number of primary amides is 1. The Morgan fingerprint density at radius 3 is 2.61 bits per heavy atom. The molecule has 5 heteroatoms. The number of carbonyl (C=O) groups excluding carboxylic acids is 1. The summed E-state index contributed by atoms with van der Waals surface area (Å²) in [5.41, 5.74) is 6.18. The fraction of sp³-hybridized carbons (Fsp3) is 0.385. The van der Waals surface area contributed by atoms with Gasteiger partial charge in [0.15, 0.2) is 0 Å². The molecule has 0 fully saturated rings. The standard InChI is InChI=1S/C13H16BrClNO2/c1-7(10(6-17)8(2)13(16)18)9-3-4-11(14)12(15)5-9/h3-5,8,10,17H,6H2,1-2H3,(H2,16,18)/t8?,10-/m1/s1. The van der Waals surface area contributed by atoms with Gasteiger partial charge in [-0.1, -0.05) is 31.5 Å². The molecule has 1 unspecified atom stereocenters. The van der Waals surface area contributed by atoms with Crippen molar-refractivity contribution in [3.63, 3.8) is 0 Å². The highest BCUT2D eigenvalue weighted by molar-refractivity contribution is 9.10. The summed E-state index contributed by atoms with van der Waals surface area (Å²) in [5, 5.41) is 10.0. The quantitative estimate of drug-likeness (QED) is 0.870. The number of halogens is 2. The third-order valence-electron chi connectivity index (χ3n) is 3.18. The van der Waals surface area contributed by atoms with Crippen LogP contribution in [0.3, 0.4) is 0 Å². The first-order chi connectivity index (χ1) is 8.38. The van der Waals surface area contributed by atoms with E-state index in [-0.39, 0.29) is 12.5 Å². The van der Waals surface area contributed by atoms with E-state index in [2.05, 4.69) is 15.9 Å². The van der Waals surface area contributed by atoms with Crippen LogP contribution in [-0.2, 0) is 4.79 Å². The normalized spacial score (nSPS) is 14.6. The Bertz CT molecular complexity index is 439. The Balaban J connectivity index is 2.99.